The first-order chi connectivity index (χ1) is 10.6. The number of rotatable bonds is 8. The Hall–Kier alpha value is -0.970. The van der Waals surface area contributed by atoms with Crippen molar-refractivity contribution in [2.24, 2.45) is 12.8 Å². The molecule has 0 spiro atoms. The molecule has 2 rings (SSSR count). The second-order valence-electron chi connectivity index (χ2n) is 5.64. The molecular formula is C16H24Cl2N4. The average molecular weight is 343 g/mol. The highest BCUT2D eigenvalue weighted by Gasteiger charge is 2.11. The maximum Gasteiger partial charge on any atom is 0.109 e. The highest BCUT2D eigenvalue weighted by molar-refractivity contribution is 6.18. The number of halogens is 2. The lowest BCUT2D eigenvalue weighted by atomic mass is 10.2. The number of aryl methyl sites for hydroxylation is 2. The summed E-state index contributed by atoms with van der Waals surface area (Å²) in [4.78, 5) is 6.95. The number of aromatic nitrogens is 2. The summed E-state index contributed by atoms with van der Waals surface area (Å²) in [5.74, 6) is 2.23. The highest BCUT2D eigenvalue weighted by atomic mass is 35.5. The quantitative estimate of drug-likeness (QED) is 0.749. The van der Waals surface area contributed by atoms with E-state index in [0.717, 1.165) is 48.5 Å². The van der Waals surface area contributed by atoms with Gasteiger partial charge in [0.1, 0.15) is 5.82 Å². The molecule has 0 amide bonds. The zero-order valence-corrected chi connectivity index (χ0v) is 14.7. The van der Waals surface area contributed by atoms with Crippen molar-refractivity contribution >= 4 is 39.9 Å². The fourth-order valence-corrected chi connectivity index (χ4v) is 3.00. The van der Waals surface area contributed by atoms with Gasteiger partial charge in [-0.25, -0.2) is 4.98 Å². The van der Waals surface area contributed by atoms with Crippen LogP contribution < -0.4 is 10.6 Å². The van der Waals surface area contributed by atoms with E-state index < -0.39 is 0 Å². The van der Waals surface area contributed by atoms with Crippen LogP contribution in [-0.2, 0) is 13.5 Å². The van der Waals surface area contributed by atoms with Crippen LogP contribution in [0.25, 0.3) is 11.0 Å². The summed E-state index contributed by atoms with van der Waals surface area (Å²) in [5, 5.41) is 0. The summed E-state index contributed by atoms with van der Waals surface area (Å²) < 4.78 is 2.15. The van der Waals surface area contributed by atoms with Crippen LogP contribution in [-0.4, -0.2) is 40.4 Å². The van der Waals surface area contributed by atoms with Crippen LogP contribution in [0.5, 0.6) is 0 Å². The second-order valence-corrected chi connectivity index (χ2v) is 6.40. The van der Waals surface area contributed by atoms with Gasteiger partial charge in [0.2, 0.25) is 0 Å². The van der Waals surface area contributed by atoms with E-state index in [1.165, 1.54) is 0 Å². The minimum atomic E-state index is 0.193. The van der Waals surface area contributed by atoms with Crippen molar-refractivity contribution in [2.45, 2.75) is 25.8 Å². The van der Waals surface area contributed by atoms with Crippen molar-refractivity contribution in [3.63, 3.8) is 0 Å². The molecule has 2 N–H and O–H groups in total. The molecular weight excluding hydrogens is 319 g/mol. The molecule has 1 atom stereocenters. The number of anilines is 1. The molecule has 6 heteroatoms. The lowest BCUT2D eigenvalue weighted by Gasteiger charge is -2.22. The molecule has 1 unspecified atom stereocenters. The molecule has 1 aromatic carbocycles. The number of benzene rings is 1. The molecule has 4 nitrogen and oxygen atoms in total. The van der Waals surface area contributed by atoms with E-state index in [0.29, 0.717) is 11.8 Å². The second kappa shape index (κ2) is 8.04. The summed E-state index contributed by atoms with van der Waals surface area (Å²) >= 11 is 11.8. The molecule has 0 fully saturated rings. The van der Waals surface area contributed by atoms with Crippen molar-refractivity contribution in [1.82, 2.24) is 9.55 Å². The number of nitrogens with two attached hydrogens (primary N) is 1. The first-order valence-corrected chi connectivity index (χ1v) is 8.71. The van der Waals surface area contributed by atoms with E-state index in [9.17, 15) is 0 Å². The van der Waals surface area contributed by atoms with Gasteiger partial charge in [-0.1, -0.05) is 0 Å². The predicted molar refractivity (Wildman–Crippen MR) is 96.3 cm³/mol. The number of nitrogens with zero attached hydrogens (tertiary/aromatic N) is 3. The van der Waals surface area contributed by atoms with Crippen LogP contribution in [0.4, 0.5) is 5.69 Å². The average Bonchev–Trinajstić information content (AvgIpc) is 2.81. The van der Waals surface area contributed by atoms with Gasteiger partial charge in [-0.05, 0) is 31.5 Å². The first kappa shape index (κ1) is 17.4. The Kier molecular flexibility index (Phi) is 6.36. The Morgan fingerprint density at radius 2 is 1.95 bits per heavy atom. The van der Waals surface area contributed by atoms with Crippen LogP contribution in [0.2, 0.25) is 0 Å². The minimum Gasteiger partial charge on any atom is -0.369 e. The van der Waals surface area contributed by atoms with Gasteiger partial charge in [-0.15, -0.1) is 23.2 Å². The fraction of sp³-hybridized carbons (Fsp3) is 0.562. The molecule has 0 aliphatic heterocycles. The van der Waals surface area contributed by atoms with Crippen LogP contribution in [0.3, 0.4) is 0 Å². The van der Waals surface area contributed by atoms with Crippen LogP contribution in [0.15, 0.2) is 18.2 Å². The maximum atomic E-state index is 5.88. The van der Waals surface area contributed by atoms with Gasteiger partial charge in [-0.2, -0.15) is 0 Å². The van der Waals surface area contributed by atoms with Gasteiger partial charge < -0.3 is 15.2 Å². The number of fused-ring (bicyclic) bond motifs is 1. The lowest BCUT2D eigenvalue weighted by molar-refractivity contribution is 0.636. The number of imidazole rings is 1. The minimum absolute atomic E-state index is 0.193. The maximum absolute atomic E-state index is 5.88. The molecule has 1 heterocycles. The Morgan fingerprint density at radius 3 is 2.55 bits per heavy atom. The molecule has 0 aliphatic rings. The Bertz CT molecular complexity index is 603. The van der Waals surface area contributed by atoms with Gasteiger partial charge in [0.25, 0.3) is 0 Å². The first-order valence-electron chi connectivity index (χ1n) is 7.64. The molecule has 0 radical (unpaired) electrons. The Labute approximate surface area is 142 Å². The van der Waals surface area contributed by atoms with Gasteiger partial charge in [0.15, 0.2) is 0 Å². The highest BCUT2D eigenvalue weighted by Crippen LogP contribution is 2.23. The SMILES string of the molecule is CC(N)CCc1nc2cc(N(CCCl)CCCl)ccc2n1C. The monoisotopic (exact) mass is 342 g/mol. The summed E-state index contributed by atoms with van der Waals surface area (Å²) in [5.41, 5.74) is 9.11. The molecule has 0 saturated heterocycles. The molecule has 0 bridgehead atoms. The number of hydrogen-bond donors (Lipinski definition) is 1. The number of hydrogen-bond acceptors (Lipinski definition) is 3. The van der Waals surface area contributed by atoms with E-state index in [1.54, 1.807) is 0 Å². The summed E-state index contributed by atoms with van der Waals surface area (Å²) in [7, 11) is 2.06. The van der Waals surface area contributed by atoms with E-state index in [1.807, 2.05) is 6.92 Å². The van der Waals surface area contributed by atoms with E-state index in [4.69, 9.17) is 33.9 Å². The number of alkyl halides is 2. The van der Waals surface area contributed by atoms with Crippen molar-refractivity contribution in [3.05, 3.63) is 24.0 Å². The van der Waals surface area contributed by atoms with Gasteiger partial charge >= 0.3 is 0 Å². The van der Waals surface area contributed by atoms with Gasteiger partial charge in [-0.3, -0.25) is 0 Å². The normalized spacial score (nSPS) is 12.8. The summed E-state index contributed by atoms with van der Waals surface area (Å²) in [6, 6.07) is 6.53. The van der Waals surface area contributed by atoms with Crippen LogP contribution in [0.1, 0.15) is 19.2 Å². The van der Waals surface area contributed by atoms with Crippen molar-refractivity contribution in [3.8, 4) is 0 Å². The third-order valence-corrected chi connectivity index (χ3v) is 4.19. The van der Waals surface area contributed by atoms with Crippen LogP contribution in [0, 0.1) is 0 Å². The standard InChI is InChI=1S/C16H24Cl2N4/c1-12(19)3-6-16-20-14-11-13(4-5-15(14)21(16)2)22(9-7-17)10-8-18/h4-5,11-12H,3,6-10,19H2,1-2H3. The zero-order chi connectivity index (χ0) is 16.1. The Morgan fingerprint density at radius 1 is 1.27 bits per heavy atom. The molecule has 122 valence electrons. The molecule has 0 aliphatic carbocycles. The lowest BCUT2D eigenvalue weighted by Crippen LogP contribution is -2.27. The third-order valence-electron chi connectivity index (χ3n) is 3.85. The summed E-state index contributed by atoms with van der Waals surface area (Å²) in [6.45, 7) is 3.59. The molecule has 22 heavy (non-hydrogen) atoms. The molecule has 2 aromatic rings. The Balaban J connectivity index is 2.29. The topological polar surface area (TPSA) is 47.1 Å². The van der Waals surface area contributed by atoms with Gasteiger partial charge in [0, 0.05) is 50.0 Å². The van der Waals surface area contributed by atoms with Crippen molar-refractivity contribution in [1.29, 1.82) is 0 Å². The van der Waals surface area contributed by atoms with E-state index in [-0.39, 0.29) is 6.04 Å². The van der Waals surface area contributed by atoms with Crippen molar-refractivity contribution in [2.75, 3.05) is 29.7 Å². The van der Waals surface area contributed by atoms with Crippen molar-refractivity contribution < 1.29 is 0 Å². The zero-order valence-electron chi connectivity index (χ0n) is 13.2. The smallest absolute Gasteiger partial charge is 0.109 e. The van der Waals surface area contributed by atoms with Gasteiger partial charge in [0.05, 0.1) is 11.0 Å². The predicted octanol–water partition coefficient (Wildman–Crippen LogP) is 3.14. The molecule has 0 saturated carbocycles. The fourth-order valence-electron chi connectivity index (χ4n) is 2.59. The summed E-state index contributed by atoms with van der Waals surface area (Å²) in [6.07, 6.45) is 1.83. The van der Waals surface area contributed by atoms with E-state index in [2.05, 4.69) is 34.7 Å². The third kappa shape index (κ3) is 4.06. The largest absolute Gasteiger partial charge is 0.369 e. The molecule has 1 aromatic heterocycles. The van der Waals surface area contributed by atoms with E-state index >= 15 is 0 Å². The van der Waals surface area contributed by atoms with Crippen LogP contribution >= 0.6 is 23.2 Å².